The Labute approximate surface area is 128 Å². The minimum atomic E-state index is -0.170. The number of aromatic nitrogens is 2. The molecule has 1 N–H and O–H groups in total. The van der Waals surface area contributed by atoms with Gasteiger partial charge >= 0.3 is 0 Å². The maximum absolute atomic E-state index is 12.3. The van der Waals surface area contributed by atoms with Gasteiger partial charge in [-0.05, 0) is 43.7 Å². The van der Waals surface area contributed by atoms with Gasteiger partial charge in [0.25, 0.3) is 5.91 Å². The van der Waals surface area contributed by atoms with E-state index in [9.17, 15) is 4.79 Å². The second-order valence-corrected chi connectivity index (χ2v) is 6.11. The largest absolute Gasteiger partial charge is 0.321 e. The summed E-state index contributed by atoms with van der Waals surface area (Å²) < 4.78 is 0. The molecule has 0 saturated heterocycles. The fourth-order valence-corrected chi connectivity index (χ4v) is 2.75. The van der Waals surface area contributed by atoms with Crippen LogP contribution in [-0.4, -0.2) is 22.1 Å². The van der Waals surface area contributed by atoms with Crippen molar-refractivity contribution in [1.29, 1.82) is 0 Å². The number of anilines is 1. The van der Waals surface area contributed by atoms with Crippen LogP contribution in [-0.2, 0) is 0 Å². The van der Waals surface area contributed by atoms with E-state index in [4.69, 9.17) is 0 Å². The van der Waals surface area contributed by atoms with Gasteiger partial charge in [0, 0.05) is 23.2 Å². The quantitative estimate of drug-likeness (QED) is 0.876. The molecular formula is C16H17N3OS. The summed E-state index contributed by atoms with van der Waals surface area (Å²) >= 11 is 1.62. The van der Waals surface area contributed by atoms with Gasteiger partial charge in [0.2, 0.25) is 0 Å². The first-order chi connectivity index (χ1) is 10.2. The highest BCUT2D eigenvalue weighted by molar-refractivity contribution is 7.98. The summed E-state index contributed by atoms with van der Waals surface area (Å²) in [7, 11) is 0. The third-order valence-electron chi connectivity index (χ3n) is 3.48. The number of rotatable bonds is 4. The Bertz CT molecular complexity index is 666. The van der Waals surface area contributed by atoms with Gasteiger partial charge < -0.3 is 5.32 Å². The summed E-state index contributed by atoms with van der Waals surface area (Å²) in [6.07, 6.45) is 7.54. The van der Waals surface area contributed by atoms with Crippen LogP contribution in [0.15, 0.2) is 35.5 Å². The van der Waals surface area contributed by atoms with Crippen LogP contribution in [0.2, 0.25) is 0 Å². The molecule has 0 spiro atoms. The number of carbonyl (C=O) groups is 1. The normalized spacial score (nSPS) is 14.0. The van der Waals surface area contributed by atoms with Gasteiger partial charge in [-0.2, -0.15) is 0 Å². The standard InChI is InChI=1S/C16H17N3OS/c1-10-3-6-13(14(7-10)21-2)19-16(20)12-8-17-15(18-9-12)11-4-5-11/h3,6-9,11H,4-5H2,1-2H3,(H,19,20). The lowest BCUT2D eigenvalue weighted by atomic mass is 10.2. The number of nitrogens with one attached hydrogen (secondary N) is 1. The topological polar surface area (TPSA) is 54.9 Å². The second kappa shape index (κ2) is 5.85. The maximum Gasteiger partial charge on any atom is 0.258 e. The molecule has 1 aromatic heterocycles. The summed E-state index contributed by atoms with van der Waals surface area (Å²) in [5, 5.41) is 2.93. The lowest BCUT2D eigenvalue weighted by Crippen LogP contribution is -2.13. The van der Waals surface area contributed by atoms with Gasteiger partial charge in [-0.15, -0.1) is 11.8 Å². The molecule has 1 amide bonds. The lowest BCUT2D eigenvalue weighted by Gasteiger charge is -2.10. The third kappa shape index (κ3) is 3.24. The first kappa shape index (κ1) is 14.1. The monoisotopic (exact) mass is 299 g/mol. The van der Waals surface area contributed by atoms with Gasteiger partial charge in [-0.25, -0.2) is 9.97 Å². The molecule has 0 bridgehead atoms. The van der Waals surface area contributed by atoms with Gasteiger partial charge in [0.15, 0.2) is 0 Å². The fourth-order valence-electron chi connectivity index (χ4n) is 2.10. The molecule has 0 aliphatic heterocycles. The van der Waals surface area contributed by atoms with E-state index in [1.54, 1.807) is 24.2 Å². The third-order valence-corrected chi connectivity index (χ3v) is 4.26. The van der Waals surface area contributed by atoms with E-state index in [0.717, 1.165) is 29.2 Å². The molecule has 1 aliphatic carbocycles. The van der Waals surface area contributed by atoms with Gasteiger partial charge in [-0.1, -0.05) is 6.07 Å². The van der Waals surface area contributed by atoms with Crippen molar-refractivity contribution in [2.75, 3.05) is 11.6 Å². The van der Waals surface area contributed by atoms with Gasteiger partial charge in [-0.3, -0.25) is 4.79 Å². The summed E-state index contributed by atoms with van der Waals surface area (Å²) in [6.45, 7) is 2.04. The van der Waals surface area contributed by atoms with Crippen LogP contribution in [0.25, 0.3) is 0 Å². The van der Waals surface area contributed by atoms with Gasteiger partial charge in [0.05, 0.1) is 11.3 Å². The average Bonchev–Trinajstić information content (AvgIpc) is 3.34. The van der Waals surface area contributed by atoms with Crippen LogP contribution in [0.3, 0.4) is 0 Å². The number of carbonyl (C=O) groups excluding carboxylic acids is 1. The van der Waals surface area contributed by atoms with Crippen LogP contribution in [0.4, 0.5) is 5.69 Å². The van der Waals surface area contributed by atoms with E-state index in [0.29, 0.717) is 11.5 Å². The van der Waals surface area contributed by atoms with E-state index in [-0.39, 0.29) is 5.91 Å². The highest BCUT2D eigenvalue weighted by Crippen LogP contribution is 2.37. The predicted octanol–water partition coefficient (Wildman–Crippen LogP) is 3.64. The van der Waals surface area contributed by atoms with E-state index in [2.05, 4.69) is 21.4 Å². The van der Waals surface area contributed by atoms with Crippen LogP contribution in [0.5, 0.6) is 0 Å². The van der Waals surface area contributed by atoms with Crippen molar-refractivity contribution in [3.63, 3.8) is 0 Å². The number of amides is 1. The Balaban J connectivity index is 1.76. The summed E-state index contributed by atoms with van der Waals surface area (Å²) in [4.78, 5) is 21.9. The van der Waals surface area contributed by atoms with Crippen LogP contribution < -0.4 is 5.32 Å². The number of benzene rings is 1. The molecule has 1 fully saturated rings. The molecule has 0 unspecified atom stereocenters. The Hall–Kier alpha value is -1.88. The summed E-state index contributed by atoms with van der Waals surface area (Å²) in [6, 6.07) is 5.98. The first-order valence-corrected chi connectivity index (χ1v) is 8.18. The van der Waals surface area contributed by atoms with E-state index in [1.807, 2.05) is 25.3 Å². The molecular weight excluding hydrogens is 282 g/mol. The molecule has 0 atom stereocenters. The zero-order chi connectivity index (χ0) is 14.8. The number of hydrogen-bond donors (Lipinski definition) is 1. The molecule has 1 aromatic carbocycles. The minimum absolute atomic E-state index is 0.170. The van der Waals surface area contributed by atoms with Crippen LogP contribution in [0.1, 0.15) is 40.5 Å². The van der Waals surface area contributed by atoms with E-state index >= 15 is 0 Å². The second-order valence-electron chi connectivity index (χ2n) is 5.26. The van der Waals surface area contributed by atoms with Crippen molar-refractivity contribution in [3.05, 3.63) is 47.5 Å². The fraction of sp³-hybridized carbons (Fsp3) is 0.312. The SMILES string of the molecule is CSc1cc(C)ccc1NC(=O)c1cnc(C2CC2)nc1. The van der Waals surface area contributed by atoms with E-state index in [1.165, 1.54) is 5.56 Å². The van der Waals surface area contributed by atoms with Crippen LogP contribution in [0, 0.1) is 6.92 Å². The maximum atomic E-state index is 12.3. The number of hydrogen-bond acceptors (Lipinski definition) is 4. The number of nitrogens with zero attached hydrogens (tertiary/aromatic N) is 2. The Morgan fingerprint density at radius 2 is 2.00 bits per heavy atom. The summed E-state index contributed by atoms with van der Waals surface area (Å²) in [5.41, 5.74) is 2.49. The summed E-state index contributed by atoms with van der Waals surface area (Å²) in [5.74, 6) is 1.19. The Morgan fingerprint density at radius 1 is 1.29 bits per heavy atom. The molecule has 21 heavy (non-hydrogen) atoms. The molecule has 1 saturated carbocycles. The van der Waals surface area contributed by atoms with Gasteiger partial charge in [0.1, 0.15) is 5.82 Å². The minimum Gasteiger partial charge on any atom is -0.321 e. The average molecular weight is 299 g/mol. The Morgan fingerprint density at radius 3 is 2.62 bits per heavy atom. The molecule has 108 valence electrons. The smallest absolute Gasteiger partial charge is 0.258 e. The molecule has 5 heteroatoms. The predicted molar refractivity (Wildman–Crippen MR) is 84.9 cm³/mol. The van der Waals surface area contributed by atoms with Crippen molar-refractivity contribution < 1.29 is 4.79 Å². The highest BCUT2D eigenvalue weighted by atomic mass is 32.2. The Kier molecular flexibility index (Phi) is 3.92. The first-order valence-electron chi connectivity index (χ1n) is 6.95. The molecule has 4 nitrogen and oxygen atoms in total. The zero-order valence-electron chi connectivity index (χ0n) is 12.1. The molecule has 2 aromatic rings. The van der Waals surface area contributed by atoms with Crippen molar-refractivity contribution >= 4 is 23.4 Å². The highest BCUT2D eigenvalue weighted by Gasteiger charge is 2.26. The molecule has 3 rings (SSSR count). The van der Waals surface area contributed by atoms with Crippen molar-refractivity contribution in [3.8, 4) is 0 Å². The number of aryl methyl sites for hydroxylation is 1. The molecule has 1 aliphatic rings. The van der Waals surface area contributed by atoms with Crippen LogP contribution >= 0.6 is 11.8 Å². The molecule has 1 heterocycles. The van der Waals surface area contributed by atoms with Crippen molar-refractivity contribution in [1.82, 2.24) is 9.97 Å². The van der Waals surface area contributed by atoms with Crippen molar-refractivity contribution in [2.24, 2.45) is 0 Å². The number of thioether (sulfide) groups is 1. The van der Waals surface area contributed by atoms with E-state index < -0.39 is 0 Å². The lowest BCUT2D eigenvalue weighted by molar-refractivity contribution is 0.102. The molecule has 0 radical (unpaired) electrons. The van der Waals surface area contributed by atoms with Crippen molar-refractivity contribution in [2.45, 2.75) is 30.6 Å². The zero-order valence-corrected chi connectivity index (χ0v) is 12.9.